The number of rotatable bonds is 7. The molecule has 0 aliphatic carbocycles. The lowest BCUT2D eigenvalue weighted by Gasteiger charge is -2.13. The van der Waals surface area contributed by atoms with Crippen LogP contribution in [0.2, 0.25) is 5.02 Å². The van der Waals surface area contributed by atoms with E-state index in [4.69, 9.17) is 16.3 Å². The minimum absolute atomic E-state index is 0.412. The fourth-order valence-corrected chi connectivity index (χ4v) is 3.50. The fraction of sp³-hybridized carbons (Fsp3) is 0.115. The predicted molar refractivity (Wildman–Crippen MR) is 142 cm³/mol. The van der Waals surface area contributed by atoms with Gasteiger partial charge in [0.15, 0.2) is 0 Å². The van der Waals surface area contributed by atoms with Crippen LogP contribution in [0.3, 0.4) is 0 Å². The molecule has 0 aliphatic rings. The van der Waals surface area contributed by atoms with Crippen molar-refractivity contribution in [2.75, 3.05) is 28.4 Å². The first kappa shape index (κ1) is 23.8. The average molecular weight is 489 g/mol. The van der Waals surface area contributed by atoms with Gasteiger partial charge in [0.05, 0.1) is 12.8 Å². The summed E-state index contributed by atoms with van der Waals surface area (Å²) in [5, 5.41) is 12.6. The first-order valence-electron chi connectivity index (χ1n) is 10.9. The summed E-state index contributed by atoms with van der Waals surface area (Å²) in [6.07, 6.45) is 0. The molecular weight excluding hydrogens is 464 g/mol. The number of carbonyl (C=O) groups excluding carboxylic acids is 1. The number of hydrogen-bond donors (Lipinski definition) is 4. The average Bonchev–Trinajstić information content (AvgIpc) is 2.82. The summed E-state index contributed by atoms with van der Waals surface area (Å²) < 4.78 is 5.25. The van der Waals surface area contributed by atoms with Gasteiger partial charge < -0.3 is 26.0 Å². The Kier molecular flexibility index (Phi) is 7.32. The fourth-order valence-electron chi connectivity index (χ4n) is 3.33. The maximum atomic E-state index is 12.4. The number of aromatic nitrogens is 2. The summed E-state index contributed by atoms with van der Waals surface area (Å²) in [7, 11) is 1.53. The molecule has 2 amide bonds. The van der Waals surface area contributed by atoms with Gasteiger partial charge in [0.1, 0.15) is 23.2 Å². The number of aryl methyl sites for hydroxylation is 2. The van der Waals surface area contributed by atoms with Gasteiger partial charge in [0, 0.05) is 28.2 Å². The molecule has 0 saturated carbocycles. The predicted octanol–water partition coefficient (Wildman–Crippen LogP) is 6.89. The van der Waals surface area contributed by atoms with Crippen LogP contribution in [0.25, 0.3) is 0 Å². The lowest BCUT2D eigenvalue weighted by atomic mass is 10.2. The van der Waals surface area contributed by atoms with Crippen LogP contribution in [0.4, 0.5) is 39.2 Å². The summed E-state index contributed by atoms with van der Waals surface area (Å²) in [5.41, 5.74) is 4.05. The number of ether oxygens (including phenoxy) is 1. The van der Waals surface area contributed by atoms with Crippen LogP contribution in [-0.2, 0) is 0 Å². The number of nitrogens with zero attached hydrogens (tertiary/aromatic N) is 2. The van der Waals surface area contributed by atoms with Gasteiger partial charge in [-0.1, -0.05) is 29.3 Å². The van der Waals surface area contributed by atoms with Gasteiger partial charge in [-0.25, -0.2) is 14.8 Å². The zero-order valence-corrected chi connectivity index (χ0v) is 20.3. The van der Waals surface area contributed by atoms with E-state index in [9.17, 15) is 4.79 Å². The molecule has 8 nitrogen and oxygen atoms in total. The summed E-state index contributed by atoms with van der Waals surface area (Å²) >= 11 is 6.02. The summed E-state index contributed by atoms with van der Waals surface area (Å²) in [5.74, 6) is 2.49. The second-order valence-corrected chi connectivity index (χ2v) is 8.24. The highest BCUT2D eigenvalue weighted by Crippen LogP contribution is 2.28. The minimum Gasteiger partial charge on any atom is -0.495 e. The highest BCUT2D eigenvalue weighted by molar-refractivity contribution is 6.31. The number of halogens is 1. The van der Waals surface area contributed by atoms with E-state index in [0.717, 1.165) is 11.4 Å². The van der Waals surface area contributed by atoms with Crippen molar-refractivity contribution in [3.8, 4) is 5.75 Å². The number of urea groups is 1. The molecule has 4 rings (SSSR count). The molecule has 1 aromatic heterocycles. The van der Waals surface area contributed by atoms with Crippen molar-refractivity contribution in [1.29, 1.82) is 0 Å². The zero-order valence-electron chi connectivity index (χ0n) is 19.5. The van der Waals surface area contributed by atoms with E-state index in [1.165, 1.54) is 12.7 Å². The van der Waals surface area contributed by atoms with Crippen molar-refractivity contribution < 1.29 is 9.53 Å². The Balaban J connectivity index is 1.39. The molecule has 0 spiro atoms. The summed E-state index contributed by atoms with van der Waals surface area (Å²) in [6.45, 7) is 3.89. The van der Waals surface area contributed by atoms with Crippen LogP contribution in [0.1, 0.15) is 11.4 Å². The molecule has 0 bridgehead atoms. The van der Waals surface area contributed by atoms with Gasteiger partial charge >= 0.3 is 6.03 Å². The van der Waals surface area contributed by atoms with E-state index in [1.807, 2.05) is 56.3 Å². The van der Waals surface area contributed by atoms with Crippen molar-refractivity contribution in [2.45, 2.75) is 13.8 Å². The Bertz CT molecular complexity index is 1330. The molecule has 4 aromatic rings. The zero-order chi connectivity index (χ0) is 24.8. The molecule has 0 unspecified atom stereocenters. The van der Waals surface area contributed by atoms with Crippen LogP contribution in [0.15, 0.2) is 72.8 Å². The molecule has 0 fully saturated rings. The molecular formula is C26H25ClN6O2. The van der Waals surface area contributed by atoms with Gasteiger partial charge in [-0.05, 0) is 68.4 Å². The maximum Gasteiger partial charge on any atom is 0.323 e. The molecule has 9 heteroatoms. The largest absolute Gasteiger partial charge is 0.495 e. The Morgan fingerprint density at radius 1 is 0.771 bits per heavy atom. The van der Waals surface area contributed by atoms with E-state index in [-0.39, 0.29) is 0 Å². The van der Waals surface area contributed by atoms with Gasteiger partial charge in [0.25, 0.3) is 0 Å². The Labute approximate surface area is 208 Å². The van der Waals surface area contributed by atoms with Gasteiger partial charge in [0.2, 0.25) is 0 Å². The van der Waals surface area contributed by atoms with E-state index in [2.05, 4.69) is 31.2 Å². The van der Waals surface area contributed by atoms with Crippen LogP contribution in [0, 0.1) is 13.8 Å². The molecule has 4 N–H and O–H groups in total. The number of hydrogen-bond acceptors (Lipinski definition) is 6. The Hall–Kier alpha value is -4.30. The van der Waals surface area contributed by atoms with E-state index >= 15 is 0 Å². The van der Waals surface area contributed by atoms with E-state index < -0.39 is 6.03 Å². The third kappa shape index (κ3) is 6.61. The highest BCUT2D eigenvalue weighted by atomic mass is 35.5. The Morgan fingerprint density at radius 2 is 1.34 bits per heavy atom. The lowest BCUT2D eigenvalue weighted by Crippen LogP contribution is -2.19. The van der Waals surface area contributed by atoms with Gasteiger partial charge in [-0.15, -0.1) is 0 Å². The van der Waals surface area contributed by atoms with Crippen molar-refractivity contribution in [3.63, 3.8) is 0 Å². The number of nitrogens with one attached hydrogen (secondary N) is 4. The number of anilines is 6. The van der Waals surface area contributed by atoms with Crippen molar-refractivity contribution in [3.05, 3.63) is 89.2 Å². The SMILES string of the molecule is COc1ccc(Cl)cc1NC(=O)Nc1ccc(Nc2cc(Nc3ccc(C)cc3)nc(C)n2)cc1. The molecule has 0 aliphatic heterocycles. The molecule has 0 saturated heterocycles. The monoisotopic (exact) mass is 488 g/mol. The van der Waals surface area contributed by atoms with Crippen LogP contribution in [-0.4, -0.2) is 23.1 Å². The first-order chi connectivity index (χ1) is 16.9. The smallest absolute Gasteiger partial charge is 0.323 e. The molecule has 35 heavy (non-hydrogen) atoms. The van der Waals surface area contributed by atoms with Crippen molar-refractivity contribution in [1.82, 2.24) is 9.97 Å². The molecule has 178 valence electrons. The summed E-state index contributed by atoms with van der Waals surface area (Å²) in [4.78, 5) is 21.3. The summed E-state index contributed by atoms with van der Waals surface area (Å²) in [6, 6.07) is 21.8. The lowest BCUT2D eigenvalue weighted by molar-refractivity contribution is 0.262. The van der Waals surface area contributed by atoms with Crippen molar-refractivity contribution in [2.24, 2.45) is 0 Å². The Morgan fingerprint density at radius 3 is 1.94 bits per heavy atom. The molecule has 3 aromatic carbocycles. The molecule has 0 atom stereocenters. The van der Waals surface area contributed by atoms with E-state index in [1.54, 1.807) is 30.3 Å². The third-order valence-electron chi connectivity index (χ3n) is 4.99. The van der Waals surface area contributed by atoms with Crippen LogP contribution in [0.5, 0.6) is 5.75 Å². The van der Waals surface area contributed by atoms with Crippen LogP contribution >= 0.6 is 11.6 Å². The third-order valence-corrected chi connectivity index (χ3v) is 5.22. The van der Waals surface area contributed by atoms with Crippen LogP contribution < -0.4 is 26.0 Å². The first-order valence-corrected chi connectivity index (χ1v) is 11.2. The molecule has 1 heterocycles. The second kappa shape index (κ2) is 10.8. The van der Waals surface area contributed by atoms with Gasteiger partial charge in [-0.3, -0.25) is 0 Å². The number of carbonyl (C=O) groups is 1. The quantitative estimate of drug-likeness (QED) is 0.226. The van der Waals surface area contributed by atoms with E-state index in [0.29, 0.717) is 39.6 Å². The van der Waals surface area contributed by atoms with Gasteiger partial charge in [-0.2, -0.15) is 0 Å². The highest BCUT2D eigenvalue weighted by Gasteiger charge is 2.09. The maximum absolute atomic E-state index is 12.4. The molecule has 0 radical (unpaired) electrons. The normalized spacial score (nSPS) is 10.4. The number of benzene rings is 3. The second-order valence-electron chi connectivity index (χ2n) is 7.80. The topological polar surface area (TPSA) is 100 Å². The minimum atomic E-state index is -0.412. The number of methoxy groups -OCH3 is 1. The standard InChI is InChI=1S/C26H25ClN6O2/c1-16-4-7-19(8-5-16)30-24-15-25(29-17(2)28-24)31-20-9-11-21(12-10-20)32-26(34)33-22-14-18(27)6-13-23(22)35-3/h4-15H,1-3H3,(H2,32,33,34)(H2,28,29,30,31). The number of amides is 2. The van der Waals surface area contributed by atoms with Crippen molar-refractivity contribution >= 4 is 52.0 Å².